The average molecular weight is 437 g/mol. The summed E-state index contributed by atoms with van der Waals surface area (Å²) in [5.74, 6) is 0.374. The van der Waals surface area contributed by atoms with Crippen LogP contribution in [0, 0.1) is 17.2 Å². The fourth-order valence-electron chi connectivity index (χ4n) is 2.03. The number of anilines is 1. The second kappa shape index (κ2) is 5.72. The monoisotopic (exact) mass is 434 g/mol. The van der Waals surface area contributed by atoms with Crippen molar-refractivity contribution in [1.82, 2.24) is 0 Å². The lowest BCUT2D eigenvalue weighted by atomic mass is 10.1. The summed E-state index contributed by atoms with van der Waals surface area (Å²) in [7, 11) is 0. The van der Waals surface area contributed by atoms with Crippen molar-refractivity contribution in [3.8, 4) is 6.07 Å². The van der Waals surface area contributed by atoms with Crippen LogP contribution in [0.3, 0.4) is 0 Å². The van der Waals surface area contributed by atoms with Gasteiger partial charge in [-0.3, -0.25) is 4.79 Å². The minimum atomic E-state index is 0.0685. The number of rotatable bonds is 2. The maximum atomic E-state index is 12.0. The van der Waals surface area contributed by atoms with Gasteiger partial charge in [-0.1, -0.05) is 31.9 Å². The molecule has 0 saturated carbocycles. The Morgan fingerprint density at radius 3 is 2.72 bits per heavy atom. The molecule has 0 aliphatic carbocycles. The Kier molecular flexibility index (Phi) is 4.46. The van der Waals surface area contributed by atoms with Crippen LogP contribution in [-0.2, 0) is 4.79 Å². The zero-order valence-electron chi connectivity index (χ0n) is 9.29. The fourth-order valence-corrected chi connectivity index (χ4v) is 3.90. The summed E-state index contributed by atoms with van der Waals surface area (Å²) in [5, 5.41) is 10.00. The molecule has 0 spiro atoms. The third-order valence-corrected chi connectivity index (χ3v) is 4.82. The van der Waals surface area contributed by atoms with Crippen molar-refractivity contribution in [2.45, 2.75) is 6.42 Å². The van der Waals surface area contributed by atoms with E-state index < -0.39 is 0 Å². The minimum Gasteiger partial charge on any atom is -0.310 e. The van der Waals surface area contributed by atoms with E-state index in [1.165, 1.54) is 0 Å². The van der Waals surface area contributed by atoms with Crippen LogP contribution in [-0.4, -0.2) is 17.8 Å². The molecule has 3 nitrogen and oxygen atoms in total. The van der Waals surface area contributed by atoms with Gasteiger partial charge in [0, 0.05) is 27.2 Å². The van der Waals surface area contributed by atoms with E-state index in [-0.39, 0.29) is 5.91 Å². The molecular weight excluding hydrogens is 428 g/mol. The number of carbonyl (C=O) groups is 1. The fraction of sp³-hybridized carbons (Fsp3) is 0.333. The summed E-state index contributed by atoms with van der Waals surface area (Å²) >= 11 is 10.2. The first-order valence-corrected chi connectivity index (χ1v) is 8.03. The largest absolute Gasteiger partial charge is 0.310 e. The van der Waals surface area contributed by atoms with E-state index in [1.807, 2.05) is 6.07 Å². The molecule has 1 heterocycles. The third-order valence-electron chi connectivity index (χ3n) is 2.84. The summed E-state index contributed by atoms with van der Waals surface area (Å²) in [6.07, 6.45) is 0.526. The van der Waals surface area contributed by atoms with Gasteiger partial charge in [-0.15, -0.1) is 0 Å². The van der Waals surface area contributed by atoms with Gasteiger partial charge < -0.3 is 4.90 Å². The molecule has 1 aromatic rings. The number of halogens is 3. The number of amides is 1. The zero-order chi connectivity index (χ0) is 13.3. The van der Waals surface area contributed by atoms with Crippen molar-refractivity contribution in [3.63, 3.8) is 0 Å². The van der Waals surface area contributed by atoms with Gasteiger partial charge in [0.2, 0.25) is 5.91 Å². The predicted molar refractivity (Wildman–Crippen MR) is 80.8 cm³/mol. The van der Waals surface area contributed by atoms with Gasteiger partial charge in [0.1, 0.15) is 6.07 Å². The summed E-state index contributed by atoms with van der Waals surface area (Å²) in [4.78, 5) is 13.7. The van der Waals surface area contributed by atoms with Gasteiger partial charge in [-0.2, -0.15) is 5.26 Å². The van der Waals surface area contributed by atoms with Crippen molar-refractivity contribution in [3.05, 3.63) is 26.6 Å². The third kappa shape index (κ3) is 2.63. The molecule has 18 heavy (non-hydrogen) atoms. The zero-order valence-corrected chi connectivity index (χ0v) is 14.0. The molecule has 0 bridgehead atoms. The van der Waals surface area contributed by atoms with Crippen molar-refractivity contribution in [2.75, 3.05) is 16.8 Å². The number of benzene rings is 1. The minimum absolute atomic E-state index is 0.0685. The molecular formula is C12H9Br3N2O. The SMILES string of the molecule is N#Cc1cc(Br)cc(Br)c1N1CC(CBr)CC1=O. The van der Waals surface area contributed by atoms with E-state index in [0.29, 0.717) is 30.1 Å². The Hall–Kier alpha value is -0.380. The molecule has 6 heteroatoms. The van der Waals surface area contributed by atoms with Gasteiger partial charge in [0.15, 0.2) is 0 Å². The molecule has 1 amide bonds. The maximum Gasteiger partial charge on any atom is 0.227 e. The molecule has 0 aromatic heterocycles. The molecule has 1 aliphatic heterocycles. The summed E-state index contributed by atoms with van der Waals surface area (Å²) in [6, 6.07) is 5.73. The average Bonchev–Trinajstić information content (AvgIpc) is 2.69. The Bertz CT molecular complexity index is 539. The lowest BCUT2D eigenvalue weighted by Gasteiger charge is -2.19. The normalized spacial score (nSPS) is 19.1. The van der Waals surface area contributed by atoms with E-state index >= 15 is 0 Å². The number of carbonyl (C=O) groups excluding carboxylic acids is 1. The van der Waals surface area contributed by atoms with Gasteiger partial charge >= 0.3 is 0 Å². The second-order valence-electron chi connectivity index (χ2n) is 4.12. The van der Waals surface area contributed by atoms with Crippen LogP contribution in [0.25, 0.3) is 0 Å². The number of hydrogen-bond donors (Lipinski definition) is 0. The molecule has 94 valence electrons. The van der Waals surface area contributed by atoms with Gasteiger partial charge in [0.05, 0.1) is 11.3 Å². The van der Waals surface area contributed by atoms with Crippen molar-refractivity contribution in [2.24, 2.45) is 5.92 Å². The van der Waals surface area contributed by atoms with Crippen molar-refractivity contribution < 1.29 is 4.79 Å². The first-order chi connectivity index (χ1) is 8.56. The number of nitriles is 1. The van der Waals surface area contributed by atoms with E-state index in [1.54, 1.807) is 11.0 Å². The predicted octanol–water partition coefficient (Wildman–Crippen LogP) is 3.83. The topological polar surface area (TPSA) is 44.1 Å². The van der Waals surface area contributed by atoms with E-state index in [9.17, 15) is 10.1 Å². The molecule has 1 atom stereocenters. The molecule has 1 fully saturated rings. The highest BCUT2D eigenvalue weighted by atomic mass is 79.9. The molecule has 1 aliphatic rings. The van der Waals surface area contributed by atoms with E-state index in [2.05, 4.69) is 53.9 Å². The van der Waals surface area contributed by atoms with Crippen LogP contribution in [0.15, 0.2) is 21.1 Å². The Balaban J connectivity index is 2.46. The highest BCUT2D eigenvalue weighted by Gasteiger charge is 2.32. The van der Waals surface area contributed by atoms with E-state index in [4.69, 9.17) is 0 Å². The van der Waals surface area contributed by atoms with Crippen LogP contribution in [0.5, 0.6) is 0 Å². The highest BCUT2D eigenvalue weighted by Crippen LogP contribution is 2.36. The summed E-state index contributed by atoms with van der Waals surface area (Å²) < 4.78 is 1.58. The number of hydrogen-bond acceptors (Lipinski definition) is 2. The first-order valence-electron chi connectivity index (χ1n) is 5.32. The summed E-state index contributed by atoms with van der Waals surface area (Å²) in [6.45, 7) is 0.652. The lowest BCUT2D eigenvalue weighted by molar-refractivity contribution is -0.117. The van der Waals surface area contributed by atoms with Crippen LogP contribution in [0.4, 0.5) is 5.69 Å². The smallest absolute Gasteiger partial charge is 0.227 e. The molecule has 0 N–H and O–H groups in total. The van der Waals surface area contributed by atoms with Crippen molar-refractivity contribution in [1.29, 1.82) is 5.26 Å². The first kappa shape index (κ1) is 14.0. The Morgan fingerprint density at radius 2 is 2.17 bits per heavy atom. The van der Waals surface area contributed by atoms with Crippen molar-refractivity contribution >= 4 is 59.4 Å². The Morgan fingerprint density at radius 1 is 1.44 bits per heavy atom. The van der Waals surface area contributed by atoms with Crippen LogP contribution in [0.1, 0.15) is 12.0 Å². The highest BCUT2D eigenvalue weighted by molar-refractivity contribution is 9.11. The molecule has 2 rings (SSSR count). The van der Waals surface area contributed by atoms with Crippen LogP contribution < -0.4 is 4.90 Å². The van der Waals surface area contributed by atoms with Gasteiger partial charge in [-0.25, -0.2) is 0 Å². The maximum absolute atomic E-state index is 12.0. The molecule has 0 radical (unpaired) electrons. The molecule has 1 unspecified atom stereocenters. The molecule has 1 saturated heterocycles. The van der Waals surface area contributed by atoms with Crippen LogP contribution in [0.2, 0.25) is 0 Å². The second-order valence-corrected chi connectivity index (χ2v) is 6.54. The van der Waals surface area contributed by atoms with Gasteiger partial charge in [-0.05, 0) is 34.0 Å². The van der Waals surface area contributed by atoms with Gasteiger partial charge in [0.25, 0.3) is 0 Å². The molecule has 1 aromatic carbocycles. The standard InChI is InChI=1S/C12H9Br3N2O/c13-4-7-1-11(18)17(6-7)12-8(5-16)2-9(14)3-10(12)15/h2-3,7H,1,4,6H2. The number of nitrogens with zero attached hydrogens (tertiary/aromatic N) is 2. The lowest BCUT2D eigenvalue weighted by Crippen LogP contribution is -2.26. The quantitative estimate of drug-likeness (QED) is 0.661. The Labute approximate surface area is 131 Å². The van der Waals surface area contributed by atoms with Crippen LogP contribution >= 0.6 is 47.8 Å². The van der Waals surface area contributed by atoms with E-state index in [0.717, 1.165) is 14.3 Å². The number of alkyl halides is 1. The summed E-state index contributed by atoms with van der Waals surface area (Å²) in [5.41, 5.74) is 1.17.